The summed E-state index contributed by atoms with van der Waals surface area (Å²) in [5.41, 5.74) is 4.13. The van der Waals surface area contributed by atoms with Gasteiger partial charge in [-0.05, 0) is 60.9 Å². The van der Waals surface area contributed by atoms with Crippen molar-refractivity contribution in [1.82, 2.24) is 15.2 Å². The van der Waals surface area contributed by atoms with Crippen molar-refractivity contribution in [3.8, 4) is 6.07 Å². The lowest BCUT2D eigenvalue weighted by Gasteiger charge is -2.34. The minimum absolute atomic E-state index is 0.0903. The van der Waals surface area contributed by atoms with Crippen molar-refractivity contribution < 1.29 is 4.79 Å². The van der Waals surface area contributed by atoms with Crippen LogP contribution in [0.5, 0.6) is 0 Å². The number of benzene rings is 1. The lowest BCUT2D eigenvalue weighted by atomic mass is 9.88. The van der Waals surface area contributed by atoms with E-state index in [-0.39, 0.29) is 17.5 Å². The van der Waals surface area contributed by atoms with Crippen molar-refractivity contribution in [2.24, 2.45) is 0 Å². The molecular weight excluding hydrogens is 398 g/mol. The molecule has 2 aromatic rings. The fourth-order valence-corrected chi connectivity index (χ4v) is 4.57. The summed E-state index contributed by atoms with van der Waals surface area (Å²) in [5, 5.41) is 12.7. The van der Waals surface area contributed by atoms with E-state index in [1.54, 1.807) is 12.4 Å². The highest BCUT2D eigenvalue weighted by Crippen LogP contribution is 2.26. The normalized spacial score (nSPS) is 17.3. The van der Waals surface area contributed by atoms with Crippen LogP contribution in [0.15, 0.2) is 54.4 Å². The number of piperazine rings is 1. The molecule has 32 heavy (non-hydrogen) atoms. The third-order valence-corrected chi connectivity index (χ3v) is 6.45. The molecule has 2 heterocycles. The largest absolute Gasteiger partial charge is 0.373 e. The number of fused-ring (bicyclic) bond motifs is 1. The van der Waals surface area contributed by atoms with E-state index in [0.29, 0.717) is 0 Å². The Morgan fingerprint density at radius 3 is 2.62 bits per heavy atom. The first-order valence-corrected chi connectivity index (χ1v) is 11.6. The Morgan fingerprint density at radius 2 is 1.94 bits per heavy atom. The summed E-state index contributed by atoms with van der Waals surface area (Å²) in [4.78, 5) is 21.6. The molecular formula is C26H31N5O. The van der Waals surface area contributed by atoms with E-state index in [4.69, 9.17) is 0 Å². The van der Waals surface area contributed by atoms with Crippen LogP contribution in [0.25, 0.3) is 0 Å². The molecule has 1 aromatic carbocycles. The number of nitrogens with one attached hydrogen (secondary N) is 1. The number of hydrogen-bond acceptors (Lipinski definition) is 5. The number of rotatable bonds is 6. The van der Waals surface area contributed by atoms with Crippen LogP contribution < -0.4 is 10.2 Å². The average molecular weight is 430 g/mol. The molecule has 166 valence electrons. The minimum Gasteiger partial charge on any atom is -0.373 e. The monoisotopic (exact) mass is 429 g/mol. The molecule has 2 aliphatic rings. The molecule has 0 radical (unpaired) electrons. The van der Waals surface area contributed by atoms with E-state index >= 15 is 0 Å². The first kappa shape index (κ1) is 21.9. The van der Waals surface area contributed by atoms with Gasteiger partial charge in [0.25, 0.3) is 5.91 Å². The summed E-state index contributed by atoms with van der Waals surface area (Å²) < 4.78 is 0. The van der Waals surface area contributed by atoms with Gasteiger partial charge in [-0.15, -0.1) is 0 Å². The Hall–Kier alpha value is -3.33. The molecule has 1 N–H and O–H groups in total. The molecule has 0 saturated carbocycles. The fourth-order valence-electron chi connectivity index (χ4n) is 4.57. The van der Waals surface area contributed by atoms with Gasteiger partial charge in [-0.1, -0.05) is 31.2 Å². The molecule has 1 unspecified atom stereocenters. The number of nitriles is 1. The maximum atomic E-state index is 12.9. The number of aromatic nitrogens is 1. The second-order valence-corrected chi connectivity index (χ2v) is 8.54. The molecule has 1 aromatic heterocycles. The van der Waals surface area contributed by atoms with Crippen molar-refractivity contribution in [1.29, 1.82) is 5.26 Å². The zero-order valence-corrected chi connectivity index (χ0v) is 18.8. The number of hydrogen-bond donors (Lipinski definition) is 1. The number of carbonyl (C=O) groups is 1. The Bertz CT molecular complexity index is 1000. The highest BCUT2D eigenvalue weighted by molar-refractivity contribution is 5.97. The summed E-state index contributed by atoms with van der Waals surface area (Å²) in [6.07, 6.45) is 9.04. The van der Waals surface area contributed by atoms with Crippen molar-refractivity contribution in [2.75, 3.05) is 31.1 Å². The van der Waals surface area contributed by atoms with Crippen molar-refractivity contribution in [2.45, 2.75) is 45.1 Å². The fraction of sp³-hybridized carbons (Fsp3) is 0.423. The van der Waals surface area contributed by atoms with Crippen molar-refractivity contribution in [3.05, 3.63) is 71.1 Å². The first-order valence-electron chi connectivity index (χ1n) is 11.6. The van der Waals surface area contributed by atoms with Gasteiger partial charge >= 0.3 is 0 Å². The number of amides is 1. The van der Waals surface area contributed by atoms with Gasteiger partial charge in [-0.2, -0.15) is 5.26 Å². The van der Waals surface area contributed by atoms with E-state index in [9.17, 15) is 10.1 Å². The average Bonchev–Trinajstić information content (AvgIpc) is 2.86. The first-order chi connectivity index (χ1) is 15.7. The molecule has 1 saturated heterocycles. The van der Waals surface area contributed by atoms with E-state index < -0.39 is 0 Å². The summed E-state index contributed by atoms with van der Waals surface area (Å²) >= 11 is 0. The van der Waals surface area contributed by atoms with Gasteiger partial charge in [0.1, 0.15) is 17.5 Å². The maximum absolute atomic E-state index is 12.9. The van der Waals surface area contributed by atoms with Gasteiger partial charge in [0.2, 0.25) is 0 Å². The Kier molecular flexibility index (Phi) is 7.06. The van der Waals surface area contributed by atoms with Crippen LogP contribution in [0, 0.1) is 11.3 Å². The number of carbonyl (C=O) groups excluding carboxylic acids is 1. The summed E-state index contributed by atoms with van der Waals surface area (Å²) in [5.74, 6) is 0.662. The van der Waals surface area contributed by atoms with Crippen LogP contribution >= 0.6 is 0 Å². The molecule has 1 aliphatic heterocycles. The second-order valence-electron chi connectivity index (χ2n) is 8.54. The molecule has 6 heteroatoms. The molecule has 1 amide bonds. The standard InChI is InChI=1S/C26H31N5O/c1-2-24(22-11-10-20-7-3-4-8-21(20)17-22)29-26(32)23(18-27)19-30-13-15-31(16-14-30)25-9-5-6-12-28-25/h5-6,9-12,17,19,24H,2-4,7-8,13-16H2,1H3,(H,29,32)/b23-19-. The molecule has 1 atom stereocenters. The molecule has 1 fully saturated rings. The number of aryl methyl sites for hydroxylation is 2. The topological polar surface area (TPSA) is 72.3 Å². The summed E-state index contributed by atoms with van der Waals surface area (Å²) in [6, 6.07) is 14.5. The van der Waals surface area contributed by atoms with E-state index in [0.717, 1.165) is 56.8 Å². The summed E-state index contributed by atoms with van der Waals surface area (Å²) in [6.45, 7) is 5.17. The van der Waals surface area contributed by atoms with E-state index in [2.05, 4.69) is 51.3 Å². The van der Waals surface area contributed by atoms with Gasteiger partial charge in [0, 0.05) is 38.6 Å². The van der Waals surface area contributed by atoms with Crippen LogP contribution in [0.2, 0.25) is 0 Å². The third kappa shape index (κ3) is 5.11. The van der Waals surface area contributed by atoms with Gasteiger partial charge in [-0.25, -0.2) is 4.98 Å². The lowest BCUT2D eigenvalue weighted by molar-refractivity contribution is -0.117. The Balaban J connectivity index is 1.39. The predicted molar refractivity (Wildman–Crippen MR) is 126 cm³/mol. The maximum Gasteiger partial charge on any atom is 0.263 e. The van der Waals surface area contributed by atoms with Crippen LogP contribution in [0.3, 0.4) is 0 Å². The number of anilines is 1. The zero-order chi connectivity index (χ0) is 22.3. The van der Waals surface area contributed by atoms with Gasteiger partial charge in [-0.3, -0.25) is 4.79 Å². The Labute approximate surface area is 190 Å². The quantitative estimate of drug-likeness (QED) is 0.559. The predicted octanol–water partition coefficient (Wildman–Crippen LogP) is 3.76. The molecule has 6 nitrogen and oxygen atoms in total. The molecule has 1 aliphatic carbocycles. The third-order valence-electron chi connectivity index (χ3n) is 6.45. The van der Waals surface area contributed by atoms with Gasteiger partial charge in [0.05, 0.1) is 6.04 Å². The van der Waals surface area contributed by atoms with Crippen LogP contribution in [-0.4, -0.2) is 42.0 Å². The zero-order valence-electron chi connectivity index (χ0n) is 18.8. The van der Waals surface area contributed by atoms with Gasteiger partial charge in [0.15, 0.2) is 0 Å². The van der Waals surface area contributed by atoms with E-state index in [1.807, 2.05) is 18.2 Å². The smallest absolute Gasteiger partial charge is 0.263 e. The van der Waals surface area contributed by atoms with Crippen LogP contribution in [0.4, 0.5) is 5.82 Å². The molecule has 4 rings (SSSR count). The highest BCUT2D eigenvalue weighted by atomic mass is 16.1. The van der Waals surface area contributed by atoms with E-state index in [1.165, 1.54) is 24.0 Å². The minimum atomic E-state index is -0.302. The molecule has 0 spiro atoms. The van der Waals surface area contributed by atoms with Crippen molar-refractivity contribution >= 4 is 11.7 Å². The highest BCUT2D eigenvalue weighted by Gasteiger charge is 2.21. The van der Waals surface area contributed by atoms with Crippen LogP contribution in [-0.2, 0) is 17.6 Å². The number of pyridine rings is 1. The second kappa shape index (κ2) is 10.3. The molecule has 0 bridgehead atoms. The SMILES string of the molecule is CCC(NC(=O)/C(C#N)=C\N1CCN(c2ccccn2)CC1)c1ccc2c(c1)CCCC2. The number of nitrogens with zero attached hydrogens (tertiary/aromatic N) is 4. The lowest BCUT2D eigenvalue weighted by Crippen LogP contribution is -2.44. The van der Waals surface area contributed by atoms with Gasteiger partial charge < -0.3 is 15.1 Å². The van der Waals surface area contributed by atoms with Crippen molar-refractivity contribution in [3.63, 3.8) is 0 Å². The summed E-state index contributed by atoms with van der Waals surface area (Å²) in [7, 11) is 0. The van der Waals surface area contributed by atoms with Crippen LogP contribution in [0.1, 0.15) is 48.9 Å². The Morgan fingerprint density at radius 1 is 1.16 bits per heavy atom.